The number of rotatable bonds is 11. The molecule has 198 valence electrons. The normalized spacial score (nSPS) is 12.6. The van der Waals surface area contributed by atoms with Crippen molar-refractivity contribution in [2.24, 2.45) is 0 Å². The molecule has 1 aromatic rings. The van der Waals surface area contributed by atoms with Gasteiger partial charge in [-0.3, -0.25) is 9.59 Å². The Morgan fingerprint density at radius 1 is 0.971 bits per heavy atom. The zero-order valence-electron chi connectivity index (χ0n) is 23.3. The molecule has 1 rings (SSSR count). The second-order valence-electron chi connectivity index (χ2n) is 11.4. The number of nitrogens with zero attached hydrogens (tertiary/aromatic N) is 1. The number of alkyl carbamates (subject to hydrolysis) is 1. The van der Waals surface area contributed by atoms with Crippen molar-refractivity contribution < 1.29 is 19.1 Å². The third-order valence-corrected chi connectivity index (χ3v) is 5.38. The van der Waals surface area contributed by atoms with Gasteiger partial charge in [-0.2, -0.15) is 0 Å². The van der Waals surface area contributed by atoms with Gasteiger partial charge in [0.1, 0.15) is 18.2 Å². The maximum atomic E-state index is 13.6. The molecule has 1 unspecified atom stereocenters. The van der Waals surface area contributed by atoms with Crippen molar-refractivity contribution in [3.05, 3.63) is 34.9 Å². The van der Waals surface area contributed by atoms with Crippen molar-refractivity contribution >= 4 is 17.9 Å². The molecule has 0 spiro atoms. The van der Waals surface area contributed by atoms with Gasteiger partial charge in [-0.15, -0.1) is 0 Å². The Kier molecular flexibility index (Phi) is 11.7. The van der Waals surface area contributed by atoms with Crippen LogP contribution in [0.1, 0.15) is 103 Å². The van der Waals surface area contributed by atoms with Crippen LogP contribution in [0.4, 0.5) is 4.79 Å². The molecule has 7 heteroatoms. The summed E-state index contributed by atoms with van der Waals surface area (Å²) < 4.78 is 5.28. The minimum atomic E-state index is -0.797. The molecule has 3 amide bonds. The molecule has 0 aromatic heterocycles. The van der Waals surface area contributed by atoms with E-state index in [0.29, 0.717) is 6.54 Å². The molecule has 0 fully saturated rings. The van der Waals surface area contributed by atoms with Crippen LogP contribution in [0.2, 0.25) is 0 Å². The Labute approximate surface area is 212 Å². The number of nitrogens with one attached hydrogen (secondary N) is 2. The molecular formula is C28H47N3O4. The van der Waals surface area contributed by atoms with Crippen LogP contribution in [0.25, 0.3) is 0 Å². The number of carbonyl (C=O) groups is 3. The molecule has 0 aliphatic rings. The molecule has 1 aromatic carbocycles. The van der Waals surface area contributed by atoms with Crippen LogP contribution in [-0.4, -0.2) is 47.0 Å². The number of hydrogen-bond donors (Lipinski definition) is 2. The lowest BCUT2D eigenvalue weighted by Crippen LogP contribution is -2.51. The molecule has 0 radical (unpaired) electrons. The topological polar surface area (TPSA) is 87.7 Å². The Hall–Kier alpha value is -2.57. The van der Waals surface area contributed by atoms with Crippen LogP contribution in [0, 0.1) is 13.8 Å². The highest BCUT2D eigenvalue weighted by atomic mass is 16.6. The van der Waals surface area contributed by atoms with Gasteiger partial charge in [0.25, 0.3) is 0 Å². The Morgan fingerprint density at radius 2 is 1.60 bits per heavy atom. The van der Waals surface area contributed by atoms with Gasteiger partial charge in [-0.25, -0.2) is 4.79 Å². The van der Waals surface area contributed by atoms with Crippen LogP contribution in [-0.2, 0) is 14.3 Å². The number of unbranched alkanes of at least 4 members (excludes halogenated alkanes) is 4. The maximum Gasteiger partial charge on any atom is 0.408 e. The number of benzene rings is 1. The van der Waals surface area contributed by atoms with E-state index >= 15 is 0 Å². The van der Waals surface area contributed by atoms with E-state index in [-0.39, 0.29) is 18.4 Å². The predicted octanol–water partition coefficient (Wildman–Crippen LogP) is 5.58. The van der Waals surface area contributed by atoms with Gasteiger partial charge in [0, 0.05) is 12.1 Å². The molecule has 1 atom stereocenters. The highest BCUT2D eigenvalue weighted by Crippen LogP contribution is 2.27. The summed E-state index contributed by atoms with van der Waals surface area (Å²) in [5.41, 5.74) is 1.70. The van der Waals surface area contributed by atoms with Gasteiger partial charge in [0.15, 0.2) is 0 Å². The molecular weight excluding hydrogens is 442 g/mol. The van der Waals surface area contributed by atoms with E-state index in [9.17, 15) is 14.4 Å². The van der Waals surface area contributed by atoms with Gasteiger partial charge < -0.3 is 20.3 Å². The molecule has 0 aliphatic carbocycles. The lowest BCUT2D eigenvalue weighted by Gasteiger charge is -2.34. The molecule has 0 saturated heterocycles. The monoisotopic (exact) mass is 489 g/mol. The summed E-state index contributed by atoms with van der Waals surface area (Å²) in [5, 5.41) is 5.62. The average molecular weight is 490 g/mol. The largest absolute Gasteiger partial charge is 0.444 e. The van der Waals surface area contributed by atoms with Gasteiger partial charge in [-0.05, 0) is 72.9 Å². The number of ether oxygens (including phenoxy) is 1. The van der Waals surface area contributed by atoms with Crippen LogP contribution in [0.3, 0.4) is 0 Å². The first-order chi connectivity index (χ1) is 16.1. The third kappa shape index (κ3) is 11.6. The lowest BCUT2D eigenvalue weighted by atomic mass is 9.95. The summed E-state index contributed by atoms with van der Waals surface area (Å²) in [5.74, 6) is -0.552. The van der Waals surface area contributed by atoms with Gasteiger partial charge in [-0.1, -0.05) is 56.4 Å². The summed E-state index contributed by atoms with van der Waals surface area (Å²) in [4.78, 5) is 40.9. The van der Waals surface area contributed by atoms with Crippen LogP contribution >= 0.6 is 0 Å². The SMILES string of the molecule is CCCCCCCN(C(=O)CNC(=O)OC(C)(C)C)C(C(=O)NC(C)(C)C)c1ccc(C)cc1C. The Morgan fingerprint density at radius 3 is 2.14 bits per heavy atom. The molecule has 0 heterocycles. The lowest BCUT2D eigenvalue weighted by molar-refractivity contribution is -0.141. The summed E-state index contributed by atoms with van der Waals surface area (Å²) in [6.45, 7) is 17.4. The van der Waals surface area contributed by atoms with Crippen molar-refractivity contribution in [1.82, 2.24) is 15.5 Å². The molecule has 0 bridgehead atoms. The van der Waals surface area contributed by atoms with Crippen molar-refractivity contribution in [3.8, 4) is 0 Å². The first kappa shape index (κ1) is 30.5. The smallest absolute Gasteiger partial charge is 0.408 e. The maximum absolute atomic E-state index is 13.6. The quantitative estimate of drug-likeness (QED) is 0.397. The third-order valence-electron chi connectivity index (χ3n) is 5.38. The standard InChI is InChI=1S/C28H47N3O4/c1-10-11-12-13-14-17-31(23(32)19-29-26(34)35-28(7,8)9)24(25(33)30-27(4,5)6)22-16-15-20(2)18-21(22)3/h15-16,18,24H,10-14,17,19H2,1-9H3,(H,29,34)(H,30,33). The zero-order chi connectivity index (χ0) is 26.8. The van der Waals surface area contributed by atoms with Crippen molar-refractivity contribution in [2.45, 2.75) is 112 Å². The van der Waals surface area contributed by atoms with E-state index in [1.165, 1.54) is 0 Å². The Balaban J connectivity index is 3.28. The van der Waals surface area contributed by atoms with Gasteiger partial charge in [0.05, 0.1) is 0 Å². The molecule has 35 heavy (non-hydrogen) atoms. The molecule has 0 saturated carbocycles. The van der Waals surface area contributed by atoms with E-state index in [1.807, 2.05) is 52.8 Å². The van der Waals surface area contributed by atoms with Gasteiger partial charge >= 0.3 is 6.09 Å². The molecule has 2 N–H and O–H groups in total. The van der Waals surface area contributed by atoms with E-state index in [2.05, 4.69) is 17.6 Å². The van der Waals surface area contributed by atoms with Crippen molar-refractivity contribution in [3.63, 3.8) is 0 Å². The number of carbonyl (C=O) groups excluding carboxylic acids is 3. The predicted molar refractivity (Wildman–Crippen MR) is 141 cm³/mol. The van der Waals surface area contributed by atoms with Crippen LogP contribution in [0.15, 0.2) is 18.2 Å². The minimum Gasteiger partial charge on any atom is -0.444 e. The average Bonchev–Trinajstić information content (AvgIpc) is 2.69. The summed E-state index contributed by atoms with van der Waals surface area (Å²) in [6.07, 6.45) is 4.44. The van der Waals surface area contributed by atoms with Crippen LogP contribution in [0.5, 0.6) is 0 Å². The Bertz CT molecular complexity index is 853. The number of hydrogen-bond acceptors (Lipinski definition) is 4. The zero-order valence-corrected chi connectivity index (χ0v) is 23.3. The van der Waals surface area contributed by atoms with Crippen molar-refractivity contribution in [1.29, 1.82) is 0 Å². The fourth-order valence-corrected chi connectivity index (χ4v) is 3.87. The highest BCUT2D eigenvalue weighted by molar-refractivity contribution is 5.91. The number of aryl methyl sites for hydroxylation is 2. The second-order valence-corrected chi connectivity index (χ2v) is 11.4. The number of amides is 3. The van der Waals surface area contributed by atoms with E-state index in [4.69, 9.17) is 4.74 Å². The summed E-state index contributed by atoms with van der Waals surface area (Å²) >= 11 is 0. The molecule has 7 nitrogen and oxygen atoms in total. The second kappa shape index (κ2) is 13.5. The summed E-state index contributed by atoms with van der Waals surface area (Å²) in [6, 6.07) is 5.11. The first-order valence-corrected chi connectivity index (χ1v) is 12.8. The highest BCUT2D eigenvalue weighted by Gasteiger charge is 2.34. The molecule has 0 aliphatic heterocycles. The van der Waals surface area contributed by atoms with E-state index < -0.39 is 23.3 Å². The fourth-order valence-electron chi connectivity index (χ4n) is 3.87. The minimum absolute atomic E-state index is 0.233. The van der Waals surface area contributed by atoms with Crippen LogP contribution < -0.4 is 10.6 Å². The fraction of sp³-hybridized carbons (Fsp3) is 0.679. The summed E-state index contributed by atoms with van der Waals surface area (Å²) in [7, 11) is 0. The van der Waals surface area contributed by atoms with Gasteiger partial charge in [0.2, 0.25) is 11.8 Å². The first-order valence-electron chi connectivity index (χ1n) is 12.8. The van der Waals surface area contributed by atoms with E-state index in [1.54, 1.807) is 25.7 Å². The van der Waals surface area contributed by atoms with E-state index in [0.717, 1.165) is 48.8 Å². The van der Waals surface area contributed by atoms with Crippen molar-refractivity contribution in [2.75, 3.05) is 13.1 Å².